The summed E-state index contributed by atoms with van der Waals surface area (Å²) >= 11 is 0. The molecule has 1 fully saturated rings. The summed E-state index contributed by atoms with van der Waals surface area (Å²) < 4.78 is 7.68. The second-order valence-corrected chi connectivity index (χ2v) is 11.1. The number of aromatic nitrogens is 3. The number of nitrogens with zero attached hydrogens (tertiary/aromatic N) is 5. The lowest BCUT2D eigenvalue weighted by atomic mass is 9.89. The number of furan rings is 1. The van der Waals surface area contributed by atoms with Gasteiger partial charge in [-0.3, -0.25) is 14.0 Å². The van der Waals surface area contributed by atoms with Crippen LogP contribution in [0.5, 0.6) is 0 Å². The summed E-state index contributed by atoms with van der Waals surface area (Å²) in [7, 11) is 5.91. The normalized spacial score (nSPS) is 17.1. The Bertz CT molecular complexity index is 1840. The minimum Gasteiger partial charge on any atom is -0.463 e. The van der Waals surface area contributed by atoms with Crippen molar-refractivity contribution in [2.24, 2.45) is 0 Å². The fraction of sp³-hybridized carbons (Fsp3) is 0.290. The van der Waals surface area contributed by atoms with Gasteiger partial charge in [-0.2, -0.15) is 0 Å². The molecule has 0 unspecified atom stereocenters. The number of nitrogens with one attached hydrogen (secondary N) is 2. The third kappa shape index (κ3) is 4.31. The molecule has 0 saturated carbocycles. The fourth-order valence-corrected chi connectivity index (χ4v) is 6.18. The number of likely N-dealkylation sites (tertiary alicyclic amines) is 1. The molecule has 1 atom stereocenters. The number of carbonyl (C=O) groups is 2. The van der Waals surface area contributed by atoms with Crippen LogP contribution in [0.15, 0.2) is 59.3 Å². The zero-order chi connectivity index (χ0) is 28.2. The van der Waals surface area contributed by atoms with Gasteiger partial charge in [0.15, 0.2) is 5.58 Å². The van der Waals surface area contributed by atoms with Crippen LogP contribution in [0, 0.1) is 0 Å². The van der Waals surface area contributed by atoms with Gasteiger partial charge in [-0.1, -0.05) is 12.1 Å². The molecule has 0 aliphatic carbocycles. The molecule has 2 aliphatic heterocycles. The summed E-state index contributed by atoms with van der Waals surface area (Å²) in [5.41, 5.74) is 8.74. The highest BCUT2D eigenvalue weighted by molar-refractivity contribution is 6.06. The number of amides is 2. The fourth-order valence-electron chi connectivity index (χ4n) is 6.18. The lowest BCUT2D eigenvalue weighted by molar-refractivity contribution is -0.132. The number of imidazole rings is 1. The van der Waals surface area contributed by atoms with E-state index in [4.69, 9.17) is 9.40 Å². The number of hydrogen-bond donors (Lipinski definition) is 2. The lowest BCUT2D eigenvalue weighted by Crippen LogP contribution is -2.36. The first-order valence-corrected chi connectivity index (χ1v) is 13.8. The van der Waals surface area contributed by atoms with E-state index < -0.39 is 0 Å². The highest BCUT2D eigenvalue weighted by atomic mass is 16.3. The maximum Gasteiger partial charge on any atom is 0.254 e. The molecule has 7 rings (SSSR count). The van der Waals surface area contributed by atoms with Crippen molar-refractivity contribution < 1.29 is 14.0 Å². The average Bonchev–Trinajstić information content (AvgIpc) is 3.69. The minimum atomic E-state index is -0.119. The van der Waals surface area contributed by atoms with E-state index in [2.05, 4.69) is 31.0 Å². The van der Waals surface area contributed by atoms with E-state index in [9.17, 15) is 9.59 Å². The number of anilines is 2. The Morgan fingerprint density at radius 1 is 1.12 bits per heavy atom. The van der Waals surface area contributed by atoms with E-state index in [1.807, 2.05) is 68.6 Å². The Hall–Kier alpha value is -4.70. The van der Waals surface area contributed by atoms with Crippen molar-refractivity contribution in [3.63, 3.8) is 0 Å². The number of hydrogen-bond acceptors (Lipinski definition) is 7. The highest BCUT2D eigenvalue weighted by Crippen LogP contribution is 2.37. The average molecular weight is 550 g/mol. The predicted octanol–water partition coefficient (Wildman–Crippen LogP) is 4.53. The molecule has 5 aromatic rings. The topological polar surface area (TPSA) is 108 Å². The molecule has 0 spiro atoms. The number of fused-ring (bicyclic) bond motifs is 4. The molecule has 2 N–H and O–H groups in total. The van der Waals surface area contributed by atoms with Gasteiger partial charge < -0.3 is 24.9 Å². The van der Waals surface area contributed by atoms with E-state index in [0.717, 1.165) is 45.7 Å². The second-order valence-electron chi connectivity index (χ2n) is 11.1. The molecule has 4 aromatic heterocycles. The summed E-state index contributed by atoms with van der Waals surface area (Å²) in [4.78, 5) is 38.7. The number of pyridine rings is 2. The van der Waals surface area contributed by atoms with Crippen LogP contribution < -0.4 is 10.6 Å². The Kier molecular flexibility index (Phi) is 6.01. The van der Waals surface area contributed by atoms with E-state index in [1.54, 1.807) is 6.26 Å². The van der Waals surface area contributed by atoms with Crippen molar-refractivity contribution in [1.29, 1.82) is 0 Å². The first kappa shape index (κ1) is 25.3. The van der Waals surface area contributed by atoms with Crippen LogP contribution in [0.3, 0.4) is 0 Å². The maximum absolute atomic E-state index is 13.1. The van der Waals surface area contributed by atoms with Gasteiger partial charge in [-0.25, -0.2) is 9.97 Å². The molecule has 10 heteroatoms. The Balaban J connectivity index is 1.26. The van der Waals surface area contributed by atoms with Crippen molar-refractivity contribution in [1.82, 2.24) is 29.5 Å². The number of carbonyl (C=O) groups excluding carboxylic acids is 2. The molecular formula is C31H31N7O3. The molecular weight excluding hydrogens is 518 g/mol. The molecule has 6 heterocycles. The zero-order valence-corrected chi connectivity index (χ0v) is 23.3. The van der Waals surface area contributed by atoms with Crippen LogP contribution in [0.25, 0.3) is 28.0 Å². The van der Waals surface area contributed by atoms with E-state index in [1.165, 1.54) is 5.56 Å². The molecule has 2 amide bonds. The Morgan fingerprint density at radius 3 is 2.83 bits per heavy atom. The van der Waals surface area contributed by atoms with Gasteiger partial charge >= 0.3 is 0 Å². The molecule has 0 bridgehead atoms. The molecule has 1 saturated heterocycles. The number of likely N-dealkylation sites (N-methyl/N-ethyl adjacent to an activating group) is 1. The van der Waals surface area contributed by atoms with Crippen molar-refractivity contribution in [2.45, 2.75) is 31.8 Å². The van der Waals surface area contributed by atoms with Gasteiger partial charge in [-0.15, -0.1) is 0 Å². The summed E-state index contributed by atoms with van der Waals surface area (Å²) in [6, 6.07) is 13.8. The van der Waals surface area contributed by atoms with Crippen molar-refractivity contribution in [3.05, 3.63) is 77.3 Å². The Morgan fingerprint density at radius 2 is 2.00 bits per heavy atom. The van der Waals surface area contributed by atoms with Gasteiger partial charge in [-0.05, 0) is 55.9 Å². The number of rotatable bonds is 6. The first-order chi connectivity index (χ1) is 19.9. The van der Waals surface area contributed by atoms with Crippen LogP contribution in [0.1, 0.15) is 45.9 Å². The van der Waals surface area contributed by atoms with Crippen molar-refractivity contribution in [3.8, 4) is 11.3 Å². The van der Waals surface area contributed by atoms with Gasteiger partial charge in [0.2, 0.25) is 5.91 Å². The van der Waals surface area contributed by atoms with E-state index in [0.29, 0.717) is 43.1 Å². The van der Waals surface area contributed by atoms with Crippen LogP contribution >= 0.6 is 0 Å². The minimum absolute atomic E-state index is 0.119. The third-order valence-corrected chi connectivity index (χ3v) is 8.13. The van der Waals surface area contributed by atoms with Gasteiger partial charge in [0, 0.05) is 50.7 Å². The van der Waals surface area contributed by atoms with Crippen molar-refractivity contribution >= 4 is 40.1 Å². The zero-order valence-electron chi connectivity index (χ0n) is 23.3. The second kappa shape index (κ2) is 9.74. The summed E-state index contributed by atoms with van der Waals surface area (Å²) in [5, 5.41) is 6.44. The smallest absolute Gasteiger partial charge is 0.254 e. The standard InChI is InChI=1S/C31H31N7O3/c1-36(2)17-23-19(18-4-11-29(39)37(3)16-18)6-9-27(35-23)34-22-7-5-20(21-14-33-31(40)30(21)22)25-15-32-28-10-8-26-24(38(25)28)12-13-41-26/h5-10,12-13,15,18H,4,11,14,16-17H2,1-3H3,(H,33,40)(H,34,35)/t18-/m0/s1. The van der Waals surface area contributed by atoms with Crippen LogP contribution in [0.2, 0.25) is 0 Å². The van der Waals surface area contributed by atoms with Crippen LogP contribution in [0.4, 0.5) is 11.5 Å². The Labute approximate surface area is 237 Å². The molecule has 10 nitrogen and oxygen atoms in total. The van der Waals surface area contributed by atoms with E-state index in [-0.39, 0.29) is 17.7 Å². The summed E-state index contributed by atoms with van der Waals surface area (Å²) in [5.74, 6) is 0.994. The maximum atomic E-state index is 13.1. The van der Waals surface area contributed by atoms with Gasteiger partial charge in [0.25, 0.3) is 5.91 Å². The van der Waals surface area contributed by atoms with Crippen LogP contribution in [-0.4, -0.2) is 63.7 Å². The number of piperidine rings is 1. The van der Waals surface area contributed by atoms with Gasteiger partial charge in [0.05, 0.1) is 40.6 Å². The first-order valence-electron chi connectivity index (χ1n) is 13.8. The number of benzene rings is 1. The largest absolute Gasteiger partial charge is 0.463 e. The molecule has 1 aromatic carbocycles. The SMILES string of the molecule is CN(C)Cc1nc(Nc2ccc(-c3cnc4ccc5occc5n34)c3c2C(=O)NC3)ccc1[C@H]1CCC(=O)N(C)C1. The molecule has 2 aliphatic rings. The van der Waals surface area contributed by atoms with Crippen LogP contribution in [-0.2, 0) is 17.9 Å². The summed E-state index contributed by atoms with van der Waals surface area (Å²) in [6.07, 6.45) is 4.89. The molecule has 41 heavy (non-hydrogen) atoms. The molecule has 0 radical (unpaired) electrons. The monoisotopic (exact) mass is 549 g/mol. The highest BCUT2D eigenvalue weighted by Gasteiger charge is 2.29. The molecule has 208 valence electrons. The third-order valence-electron chi connectivity index (χ3n) is 8.13. The van der Waals surface area contributed by atoms with E-state index >= 15 is 0 Å². The van der Waals surface area contributed by atoms with Gasteiger partial charge in [0.1, 0.15) is 11.5 Å². The quantitative estimate of drug-likeness (QED) is 0.321. The predicted molar refractivity (Wildman–Crippen MR) is 156 cm³/mol. The van der Waals surface area contributed by atoms with Crippen molar-refractivity contribution in [2.75, 3.05) is 33.0 Å². The summed E-state index contributed by atoms with van der Waals surface area (Å²) in [6.45, 7) is 1.80. The lowest BCUT2D eigenvalue weighted by Gasteiger charge is -2.31.